The van der Waals surface area contributed by atoms with Gasteiger partial charge in [-0.15, -0.1) is 0 Å². The van der Waals surface area contributed by atoms with E-state index in [1.165, 1.54) is 11.1 Å². The Hall–Kier alpha value is -0.980. The summed E-state index contributed by atoms with van der Waals surface area (Å²) in [6.07, 6.45) is 0. The number of benzene rings is 2. The van der Waals surface area contributed by atoms with Crippen LogP contribution in [0.2, 0.25) is 22.4 Å². The normalized spacial score (nSPS) is 26.1. The van der Waals surface area contributed by atoms with Crippen molar-refractivity contribution in [3.63, 3.8) is 0 Å². The van der Waals surface area contributed by atoms with E-state index >= 15 is 0 Å². The van der Waals surface area contributed by atoms with Gasteiger partial charge in [0.1, 0.15) is 0 Å². The van der Waals surface area contributed by atoms with Crippen molar-refractivity contribution in [3.8, 4) is 0 Å². The zero-order valence-electron chi connectivity index (χ0n) is 18.6. The number of aryl methyl sites for hydroxylation is 2. The zero-order valence-corrected chi connectivity index (χ0v) is 22.1. The standard InChI is InChI=1S/C24H26Si.2CH3.Zr/c1-15-9-7-11-19-13-17(3)23(21(15)19)25(5,6)24-18(4)14-20-12-8-10-16(2)22(20)24;;;/h7-14H,1-6H3;2*1H3;. The average molecular weight is 464 g/mol. The summed E-state index contributed by atoms with van der Waals surface area (Å²) in [7, 11) is -1.81. The van der Waals surface area contributed by atoms with Crippen LogP contribution in [-0.2, 0) is 20.3 Å². The summed E-state index contributed by atoms with van der Waals surface area (Å²) >= 11 is -2.62. The van der Waals surface area contributed by atoms with Crippen LogP contribution in [0.3, 0.4) is 0 Å². The van der Waals surface area contributed by atoms with E-state index in [0.717, 1.165) is 7.25 Å². The van der Waals surface area contributed by atoms with Gasteiger partial charge < -0.3 is 0 Å². The van der Waals surface area contributed by atoms with Crippen molar-refractivity contribution >= 4 is 18.5 Å². The van der Waals surface area contributed by atoms with Crippen LogP contribution in [0.15, 0.2) is 47.5 Å². The van der Waals surface area contributed by atoms with Gasteiger partial charge in [-0.1, -0.05) is 0 Å². The topological polar surface area (TPSA) is 0 Å². The van der Waals surface area contributed by atoms with Crippen molar-refractivity contribution in [1.82, 2.24) is 0 Å². The molecule has 0 saturated carbocycles. The molecular formula is C26H32SiZr. The molecule has 4 bridgehead atoms. The summed E-state index contributed by atoms with van der Waals surface area (Å²) in [6.45, 7) is 15.0. The maximum absolute atomic E-state index is 2.74. The quantitative estimate of drug-likeness (QED) is 0.351. The molecular weight excluding hydrogens is 432 g/mol. The van der Waals surface area contributed by atoms with Crippen LogP contribution < -0.4 is 0 Å². The van der Waals surface area contributed by atoms with Gasteiger partial charge >= 0.3 is 177 Å². The molecule has 0 saturated heterocycles. The molecule has 0 N–H and O–H groups in total. The summed E-state index contributed by atoms with van der Waals surface area (Å²) in [5.74, 6) is 0. The molecule has 2 aromatic carbocycles. The van der Waals surface area contributed by atoms with E-state index in [4.69, 9.17) is 0 Å². The van der Waals surface area contributed by atoms with Crippen molar-refractivity contribution in [2.75, 3.05) is 0 Å². The Morgan fingerprint density at radius 2 is 1.07 bits per heavy atom. The molecule has 1 heterocycles. The molecule has 2 atom stereocenters. The van der Waals surface area contributed by atoms with E-state index in [9.17, 15) is 0 Å². The molecule has 2 aliphatic carbocycles. The minimum atomic E-state index is -2.62. The third kappa shape index (κ3) is 2.09. The van der Waals surface area contributed by atoms with Crippen molar-refractivity contribution < 1.29 is 20.3 Å². The molecule has 1 aliphatic heterocycles. The number of allylic oxidation sites excluding steroid dienone is 2. The Bertz CT molecular complexity index is 1030. The molecule has 0 aromatic heterocycles. The molecule has 2 aromatic rings. The molecule has 2 heteroatoms. The SMILES string of the molecule is CC1=C2c3c(C)cccc3[CH]1[Zr]([CH3])([CH3])[CH]1C(C)=C(c3c(C)cccc31)[Si]2(C)C. The fraction of sp³-hybridized carbons (Fsp3) is 0.385. The number of rotatable bonds is 0. The molecule has 5 rings (SSSR count). The van der Waals surface area contributed by atoms with Crippen LogP contribution in [0.1, 0.15) is 54.5 Å². The van der Waals surface area contributed by atoms with Gasteiger partial charge in [0.15, 0.2) is 0 Å². The second-order valence-corrected chi connectivity index (χ2v) is 26.5. The van der Waals surface area contributed by atoms with Gasteiger partial charge in [0, 0.05) is 0 Å². The first-order valence-corrected chi connectivity index (χ1v) is 21.5. The Labute approximate surface area is 176 Å². The second kappa shape index (κ2) is 5.79. The third-order valence-corrected chi connectivity index (χ3v) is 22.9. The van der Waals surface area contributed by atoms with E-state index in [1.54, 1.807) is 43.8 Å². The van der Waals surface area contributed by atoms with Crippen molar-refractivity contribution in [2.24, 2.45) is 0 Å². The fourth-order valence-electron chi connectivity index (χ4n) is 7.51. The molecule has 144 valence electrons. The summed E-state index contributed by atoms with van der Waals surface area (Å²) < 4.78 is 6.92. The first-order valence-electron chi connectivity index (χ1n) is 10.7. The third-order valence-electron chi connectivity index (χ3n) is 8.12. The van der Waals surface area contributed by atoms with Gasteiger partial charge in [0.2, 0.25) is 0 Å². The average Bonchev–Trinajstić information content (AvgIpc) is 3.08. The maximum atomic E-state index is 2.74. The van der Waals surface area contributed by atoms with Crippen LogP contribution in [0.25, 0.3) is 10.4 Å². The van der Waals surface area contributed by atoms with Gasteiger partial charge in [0.25, 0.3) is 0 Å². The molecule has 0 radical (unpaired) electrons. The van der Waals surface area contributed by atoms with Crippen molar-refractivity contribution in [1.29, 1.82) is 0 Å². The van der Waals surface area contributed by atoms with Crippen molar-refractivity contribution in [2.45, 2.75) is 57.3 Å². The van der Waals surface area contributed by atoms with E-state index in [2.05, 4.69) is 86.5 Å². The van der Waals surface area contributed by atoms with Crippen LogP contribution >= 0.6 is 0 Å². The van der Waals surface area contributed by atoms with Gasteiger partial charge in [-0.2, -0.15) is 0 Å². The molecule has 28 heavy (non-hydrogen) atoms. The summed E-state index contributed by atoms with van der Waals surface area (Å²) in [4.78, 5) is 0. The minimum absolute atomic E-state index is 0.721. The second-order valence-electron chi connectivity index (χ2n) is 10.5. The molecule has 0 fully saturated rings. The van der Waals surface area contributed by atoms with E-state index in [1.807, 2.05) is 0 Å². The van der Waals surface area contributed by atoms with Gasteiger partial charge in [-0.25, -0.2) is 0 Å². The number of fused-ring (bicyclic) bond motifs is 8. The zero-order chi connectivity index (χ0) is 20.2. The Morgan fingerprint density at radius 1 is 0.679 bits per heavy atom. The van der Waals surface area contributed by atoms with Crippen molar-refractivity contribution in [3.05, 3.63) is 80.9 Å². The number of hydrogen-bond acceptors (Lipinski definition) is 0. The molecule has 2 unspecified atom stereocenters. The van der Waals surface area contributed by atoms with Crippen LogP contribution in [0.5, 0.6) is 0 Å². The monoisotopic (exact) mass is 462 g/mol. The predicted molar refractivity (Wildman–Crippen MR) is 122 cm³/mol. The van der Waals surface area contributed by atoms with Crippen LogP contribution in [0, 0.1) is 13.8 Å². The predicted octanol–water partition coefficient (Wildman–Crippen LogP) is 7.71. The molecule has 0 nitrogen and oxygen atoms in total. The Kier molecular flexibility index (Phi) is 3.93. The molecule has 0 spiro atoms. The van der Waals surface area contributed by atoms with E-state index in [-0.39, 0.29) is 0 Å². The van der Waals surface area contributed by atoms with E-state index < -0.39 is 28.3 Å². The van der Waals surface area contributed by atoms with Crippen LogP contribution in [0.4, 0.5) is 0 Å². The van der Waals surface area contributed by atoms with Gasteiger partial charge in [0.05, 0.1) is 0 Å². The summed E-state index contributed by atoms with van der Waals surface area (Å²) in [5.41, 5.74) is 13.2. The number of hydrogen-bond donors (Lipinski definition) is 0. The van der Waals surface area contributed by atoms with Crippen LogP contribution in [-0.4, -0.2) is 8.07 Å². The first-order chi connectivity index (χ1) is 13.1. The summed E-state index contributed by atoms with van der Waals surface area (Å²) in [5, 5.41) is 3.55. The van der Waals surface area contributed by atoms with E-state index in [0.29, 0.717) is 0 Å². The Balaban J connectivity index is 1.96. The summed E-state index contributed by atoms with van der Waals surface area (Å²) in [6, 6.07) is 14.3. The fourth-order valence-corrected chi connectivity index (χ4v) is 24.8. The Morgan fingerprint density at radius 3 is 1.46 bits per heavy atom. The van der Waals surface area contributed by atoms with Gasteiger partial charge in [-0.05, 0) is 0 Å². The first kappa shape index (κ1) is 19.0. The van der Waals surface area contributed by atoms with Gasteiger partial charge in [-0.3, -0.25) is 0 Å². The molecule has 0 amide bonds. The molecule has 3 aliphatic rings.